The lowest BCUT2D eigenvalue weighted by molar-refractivity contribution is -0.140. The maximum Gasteiger partial charge on any atom is 0.225 e. The second kappa shape index (κ2) is 5.93. The Bertz CT molecular complexity index is 269. The smallest absolute Gasteiger partial charge is 0.225 e. The third-order valence-electron chi connectivity index (χ3n) is 4.59. The summed E-state index contributed by atoms with van der Waals surface area (Å²) in [5.74, 6) is 1.73. The maximum atomic E-state index is 12.2. The van der Waals surface area contributed by atoms with Gasteiger partial charge in [-0.25, -0.2) is 0 Å². The minimum Gasteiger partial charge on any atom is -0.346 e. The van der Waals surface area contributed by atoms with E-state index in [1.807, 2.05) is 11.9 Å². The predicted molar refractivity (Wildman–Crippen MR) is 71.1 cm³/mol. The fraction of sp³-hybridized carbons (Fsp3) is 0.929. The first-order chi connectivity index (χ1) is 8.18. The highest BCUT2D eigenvalue weighted by Gasteiger charge is 2.34. The van der Waals surface area contributed by atoms with E-state index >= 15 is 0 Å². The van der Waals surface area contributed by atoms with Crippen LogP contribution in [-0.2, 0) is 4.79 Å². The van der Waals surface area contributed by atoms with Crippen LogP contribution in [0.3, 0.4) is 0 Å². The molecule has 2 radical (unpaired) electrons. The summed E-state index contributed by atoms with van der Waals surface area (Å²) in [6, 6.07) is 0. The first kappa shape index (κ1) is 13.0. The Morgan fingerprint density at radius 2 is 1.76 bits per heavy atom. The predicted octanol–water partition coefficient (Wildman–Crippen LogP) is 2.78. The van der Waals surface area contributed by atoms with Gasteiger partial charge in [0.1, 0.15) is 0 Å². The van der Waals surface area contributed by atoms with E-state index in [1.54, 1.807) is 0 Å². The third-order valence-corrected chi connectivity index (χ3v) is 4.59. The molecule has 94 valence electrons. The number of nitrogens with zero attached hydrogens (tertiary/aromatic N) is 1. The zero-order valence-electron chi connectivity index (χ0n) is 11.0. The number of carbonyl (C=O) groups excluding carboxylic acids is 1. The van der Waals surface area contributed by atoms with Gasteiger partial charge in [-0.1, -0.05) is 37.9 Å². The monoisotopic (exact) mass is 233 g/mol. The molecule has 0 spiro atoms. The molecule has 2 nitrogen and oxygen atoms in total. The van der Waals surface area contributed by atoms with Crippen LogP contribution in [-0.4, -0.2) is 32.2 Å². The van der Waals surface area contributed by atoms with Crippen molar-refractivity contribution in [1.29, 1.82) is 0 Å². The van der Waals surface area contributed by atoms with Crippen LogP contribution in [0.4, 0.5) is 0 Å². The summed E-state index contributed by atoms with van der Waals surface area (Å²) in [6.45, 7) is 0.950. The van der Waals surface area contributed by atoms with Crippen LogP contribution in [0, 0.1) is 11.8 Å². The van der Waals surface area contributed by atoms with Crippen molar-refractivity contribution >= 4 is 13.8 Å². The quantitative estimate of drug-likeness (QED) is 0.589. The average Bonchev–Trinajstić information content (AvgIpc) is 2.32. The largest absolute Gasteiger partial charge is 0.346 e. The van der Waals surface area contributed by atoms with Gasteiger partial charge in [-0.15, -0.1) is 0 Å². The van der Waals surface area contributed by atoms with Crippen molar-refractivity contribution in [2.45, 2.75) is 57.2 Å². The summed E-state index contributed by atoms with van der Waals surface area (Å²) >= 11 is 0. The normalized spacial score (nSPS) is 36.4. The number of fused-ring (bicyclic) bond motifs is 1. The molecule has 0 aromatic carbocycles. The molecule has 3 heteroatoms. The van der Waals surface area contributed by atoms with Gasteiger partial charge in [0.25, 0.3) is 0 Å². The topological polar surface area (TPSA) is 20.3 Å². The van der Waals surface area contributed by atoms with Gasteiger partial charge >= 0.3 is 0 Å². The fourth-order valence-electron chi connectivity index (χ4n) is 3.42. The van der Waals surface area contributed by atoms with E-state index in [1.165, 1.54) is 32.1 Å². The van der Waals surface area contributed by atoms with Crippen molar-refractivity contribution in [2.75, 3.05) is 13.6 Å². The molecule has 0 bridgehead atoms. The van der Waals surface area contributed by atoms with E-state index in [9.17, 15) is 4.79 Å². The highest BCUT2D eigenvalue weighted by molar-refractivity contribution is 6.11. The Labute approximate surface area is 107 Å². The number of likely N-dealkylation sites (tertiary alicyclic amines) is 1. The van der Waals surface area contributed by atoms with Crippen LogP contribution >= 0.6 is 0 Å². The molecule has 17 heavy (non-hydrogen) atoms. The van der Waals surface area contributed by atoms with Crippen molar-refractivity contribution in [3.05, 3.63) is 0 Å². The van der Waals surface area contributed by atoms with Crippen LogP contribution in [0.5, 0.6) is 0 Å². The summed E-state index contributed by atoms with van der Waals surface area (Å²) in [7, 11) is 8.02. The van der Waals surface area contributed by atoms with E-state index < -0.39 is 0 Å². The molecule has 2 rings (SSSR count). The molecule has 0 aromatic rings. The van der Waals surface area contributed by atoms with E-state index in [-0.39, 0.29) is 0 Å². The van der Waals surface area contributed by atoms with Gasteiger partial charge in [-0.2, -0.15) is 0 Å². The molecule has 1 aliphatic heterocycles. The van der Waals surface area contributed by atoms with Gasteiger partial charge < -0.3 is 4.90 Å². The first-order valence-corrected chi connectivity index (χ1v) is 7.19. The Kier molecular flexibility index (Phi) is 4.52. The van der Waals surface area contributed by atoms with Crippen LogP contribution in [0.15, 0.2) is 0 Å². The van der Waals surface area contributed by atoms with E-state index in [0.29, 0.717) is 23.6 Å². The second-order valence-electron chi connectivity index (χ2n) is 5.89. The molecule has 0 N–H and O–H groups in total. The molecule has 3 atom stereocenters. The van der Waals surface area contributed by atoms with Gasteiger partial charge in [-0.3, -0.25) is 4.79 Å². The van der Waals surface area contributed by atoms with Gasteiger partial charge in [0.15, 0.2) is 0 Å². The summed E-state index contributed by atoms with van der Waals surface area (Å²) in [4.78, 5) is 14.1. The van der Waals surface area contributed by atoms with E-state index in [0.717, 1.165) is 25.8 Å². The van der Waals surface area contributed by atoms with Crippen molar-refractivity contribution < 1.29 is 4.79 Å². The molecule has 1 saturated heterocycles. The van der Waals surface area contributed by atoms with Gasteiger partial charge in [0.2, 0.25) is 5.91 Å². The maximum absolute atomic E-state index is 12.2. The minimum absolute atomic E-state index is 0.308. The zero-order chi connectivity index (χ0) is 12.3. The minimum atomic E-state index is 0.308. The fourth-order valence-corrected chi connectivity index (χ4v) is 3.42. The lowest BCUT2D eigenvalue weighted by Gasteiger charge is -2.37. The number of carbonyl (C=O) groups is 1. The van der Waals surface area contributed by atoms with Crippen LogP contribution in [0.2, 0.25) is 5.82 Å². The number of piperidine rings is 1. The number of rotatable bonds is 0. The average molecular weight is 233 g/mol. The summed E-state index contributed by atoms with van der Waals surface area (Å²) < 4.78 is 0. The molecular weight excluding hydrogens is 209 g/mol. The van der Waals surface area contributed by atoms with E-state index in [2.05, 4.69) is 0 Å². The van der Waals surface area contributed by atoms with Crippen molar-refractivity contribution in [3.8, 4) is 0 Å². The molecule has 1 aliphatic carbocycles. The van der Waals surface area contributed by atoms with Crippen molar-refractivity contribution in [2.24, 2.45) is 11.8 Å². The molecule has 1 heterocycles. The van der Waals surface area contributed by atoms with Crippen molar-refractivity contribution in [1.82, 2.24) is 4.90 Å². The van der Waals surface area contributed by atoms with Crippen LogP contribution in [0.1, 0.15) is 51.4 Å². The third kappa shape index (κ3) is 3.26. The molecule has 2 aliphatic rings. The highest BCUT2D eigenvalue weighted by Crippen LogP contribution is 2.35. The Balaban J connectivity index is 1.98. The standard InChI is InChI=1S/C14H24BNO/c1-16-10-9-11-5-4-7-12(15)6-2-3-8-13(11)14(16)17/h11-13H,2-10H2,1H3. The van der Waals surface area contributed by atoms with Crippen LogP contribution < -0.4 is 0 Å². The van der Waals surface area contributed by atoms with Crippen molar-refractivity contribution in [3.63, 3.8) is 0 Å². The Morgan fingerprint density at radius 1 is 1.06 bits per heavy atom. The highest BCUT2D eigenvalue weighted by atomic mass is 16.2. The summed E-state index contributed by atoms with van der Waals surface area (Å²) in [5.41, 5.74) is 0. The zero-order valence-corrected chi connectivity index (χ0v) is 11.0. The summed E-state index contributed by atoms with van der Waals surface area (Å²) in [6.07, 6.45) is 9.35. The Morgan fingerprint density at radius 3 is 2.59 bits per heavy atom. The number of hydrogen-bond acceptors (Lipinski definition) is 1. The lowest BCUT2D eigenvalue weighted by atomic mass is 9.73. The van der Waals surface area contributed by atoms with Gasteiger partial charge in [0, 0.05) is 19.5 Å². The summed E-state index contributed by atoms with van der Waals surface area (Å²) in [5, 5.41) is 0. The van der Waals surface area contributed by atoms with Crippen LogP contribution in [0.25, 0.3) is 0 Å². The molecule has 1 saturated carbocycles. The number of amides is 1. The number of hydrogen-bond donors (Lipinski definition) is 0. The van der Waals surface area contributed by atoms with Gasteiger partial charge in [-0.05, 0) is 25.2 Å². The Hall–Kier alpha value is -0.465. The lowest BCUT2D eigenvalue weighted by Crippen LogP contribution is -2.43. The first-order valence-electron chi connectivity index (χ1n) is 7.19. The van der Waals surface area contributed by atoms with E-state index in [4.69, 9.17) is 7.85 Å². The molecule has 3 unspecified atom stereocenters. The molecule has 2 fully saturated rings. The molecule has 1 amide bonds. The van der Waals surface area contributed by atoms with Gasteiger partial charge in [0.05, 0.1) is 7.85 Å². The molecule has 0 aromatic heterocycles. The molecular formula is C14H24BNO. The SMILES string of the molecule is [B]C1CCCCC2C(=O)N(C)CCC2CCC1. The second-order valence-corrected chi connectivity index (χ2v) is 5.89.